The third-order valence-electron chi connectivity index (χ3n) is 2.72. The molecular weight excluding hydrogens is 294 g/mol. The minimum atomic E-state index is -1.35. The predicted octanol–water partition coefficient (Wildman–Crippen LogP) is 1.35. The standard InChI is InChI=1S/C13H13N3O4S/c14-11(17)6-9(12(18)19)16-13(20)15-8-1-2-10-7(5-8)3-4-21-10/h1-5,9H,6H2,(H2,14,17)(H,18,19)(H2,15,16,20). The lowest BCUT2D eigenvalue weighted by atomic mass is 10.2. The van der Waals surface area contributed by atoms with Gasteiger partial charge in [0.25, 0.3) is 0 Å². The van der Waals surface area contributed by atoms with E-state index in [0.717, 1.165) is 10.1 Å². The highest BCUT2D eigenvalue weighted by Gasteiger charge is 2.22. The molecule has 5 N–H and O–H groups in total. The second-order valence-corrected chi connectivity index (χ2v) is 5.28. The molecule has 7 nitrogen and oxygen atoms in total. The SMILES string of the molecule is NC(=O)CC(NC(=O)Nc1ccc2sccc2c1)C(=O)O. The molecule has 21 heavy (non-hydrogen) atoms. The number of urea groups is 1. The fourth-order valence-electron chi connectivity index (χ4n) is 1.77. The first-order valence-corrected chi connectivity index (χ1v) is 6.89. The summed E-state index contributed by atoms with van der Waals surface area (Å²) in [5.41, 5.74) is 5.47. The van der Waals surface area contributed by atoms with Gasteiger partial charge in [-0.15, -0.1) is 11.3 Å². The van der Waals surface area contributed by atoms with Crippen LogP contribution in [0.25, 0.3) is 10.1 Å². The summed E-state index contributed by atoms with van der Waals surface area (Å²) in [5.74, 6) is -2.13. The summed E-state index contributed by atoms with van der Waals surface area (Å²) in [6.07, 6.45) is -0.466. The van der Waals surface area contributed by atoms with Crippen molar-refractivity contribution in [1.82, 2.24) is 5.32 Å². The lowest BCUT2D eigenvalue weighted by Gasteiger charge is -2.13. The van der Waals surface area contributed by atoms with E-state index in [9.17, 15) is 14.4 Å². The van der Waals surface area contributed by atoms with Crippen LogP contribution in [0.5, 0.6) is 0 Å². The largest absolute Gasteiger partial charge is 0.480 e. The van der Waals surface area contributed by atoms with Gasteiger partial charge in [0.15, 0.2) is 0 Å². The Hall–Kier alpha value is -2.61. The van der Waals surface area contributed by atoms with Crippen molar-refractivity contribution in [3.05, 3.63) is 29.6 Å². The van der Waals surface area contributed by atoms with Crippen LogP contribution >= 0.6 is 11.3 Å². The van der Waals surface area contributed by atoms with E-state index < -0.39 is 30.4 Å². The maximum atomic E-state index is 11.7. The lowest BCUT2D eigenvalue weighted by molar-refractivity contribution is -0.140. The number of carboxylic acids is 1. The number of carboxylic acid groups (broad SMARTS) is 1. The Kier molecular flexibility index (Phi) is 4.39. The summed E-state index contributed by atoms with van der Waals surface area (Å²) in [5, 5.41) is 16.5. The van der Waals surface area contributed by atoms with Crippen LogP contribution in [0.3, 0.4) is 0 Å². The van der Waals surface area contributed by atoms with Gasteiger partial charge in [-0.2, -0.15) is 0 Å². The van der Waals surface area contributed by atoms with E-state index in [-0.39, 0.29) is 0 Å². The summed E-state index contributed by atoms with van der Waals surface area (Å²) in [7, 11) is 0. The molecule has 8 heteroatoms. The second kappa shape index (κ2) is 6.23. The number of hydrogen-bond acceptors (Lipinski definition) is 4. The van der Waals surface area contributed by atoms with Crippen molar-refractivity contribution in [3.8, 4) is 0 Å². The first-order chi connectivity index (χ1) is 9.95. The Morgan fingerprint density at radius 2 is 2.05 bits per heavy atom. The molecule has 0 saturated carbocycles. The molecule has 0 aliphatic carbocycles. The highest BCUT2D eigenvalue weighted by atomic mass is 32.1. The van der Waals surface area contributed by atoms with Crippen LogP contribution in [0, 0.1) is 0 Å². The normalized spacial score (nSPS) is 11.8. The van der Waals surface area contributed by atoms with E-state index in [2.05, 4.69) is 10.6 Å². The smallest absolute Gasteiger partial charge is 0.326 e. The van der Waals surface area contributed by atoms with Crippen molar-refractivity contribution < 1.29 is 19.5 Å². The second-order valence-electron chi connectivity index (χ2n) is 4.33. The fraction of sp³-hybridized carbons (Fsp3) is 0.154. The summed E-state index contributed by atoms with van der Waals surface area (Å²) in [6, 6.07) is 5.19. The average molecular weight is 307 g/mol. The van der Waals surface area contributed by atoms with Crippen LogP contribution in [0.4, 0.5) is 10.5 Å². The number of thiophene rings is 1. The van der Waals surface area contributed by atoms with Crippen LogP contribution < -0.4 is 16.4 Å². The van der Waals surface area contributed by atoms with Crippen molar-refractivity contribution >= 4 is 45.0 Å². The first kappa shape index (κ1) is 14.8. The number of anilines is 1. The predicted molar refractivity (Wildman–Crippen MR) is 79.2 cm³/mol. The zero-order valence-electron chi connectivity index (χ0n) is 10.8. The Bertz CT molecular complexity index is 698. The molecule has 110 valence electrons. The average Bonchev–Trinajstić information content (AvgIpc) is 2.84. The van der Waals surface area contributed by atoms with Gasteiger partial charge in [-0.1, -0.05) is 0 Å². The Labute approximate surface area is 123 Å². The number of primary amides is 1. The maximum absolute atomic E-state index is 11.7. The summed E-state index contributed by atoms with van der Waals surface area (Å²) >= 11 is 1.58. The highest BCUT2D eigenvalue weighted by Crippen LogP contribution is 2.23. The van der Waals surface area contributed by atoms with E-state index in [4.69, 9.17) is 10.8 Å². The molecule has 1 aromatic heterocycles. The van der Waals surface area contributed by atoms with Gasteiger partial charge in [0, 0.05) is 10.4 Å². The number of benzene rings is 1. The zero-order valence-corrected chi connectivity index (χ0v) is 11.6. The van der Waals surface area contributed by atoms with Crippen LogP contribution in [0.1, 0.15) is 6.42 Å². The Balaban J connectivity index is 2.02. The molecule has 1 atom stereocenters. The van der Waals surface area contributed by atoms with Crippen molar-refractivity contribution in [2.45, 2.75) is 12.5 Å². The van der Waals surface area contributed by atoms with E-state index in [0.29, 0.717) is 5.69 Å². The third-order valence-corrected chi connectivity index (χ3v) is 3.62. The van der Waals surface area contributed by atoms with Crippen molar-refractivity contribution in [2.24, 2.45) is 5.73 Å². The highest BCUT2D eigenvalue weighted by molar-refractivity contribution is 7.17. The van der Waals surface area contributed by atoms with Gasteiger partial charge in [0.05, 0.1) is 6.42 Å². The number of hydrogen-bond donors (Lipinski definition) is 4. The zero-order chi connectivity index (χ0) is 15.4. The van der Waals surface area contributed by atoms with Crippen molar-refractivity contribution in [2.75, 3.05) is 5.32 Å². The van der Waals surface area contributed by atoms with Gasteiger partial charge in [-0.25, -0.2) is 9.59 Å². The van der Waals surface area contributed by atoms with Gasteiger partial charge in [0.2, 0.25) is 5.91 Å². The number of amides is 3. The molecule has 0 radical (unpaired) electrons. The van der Waals surface area contributed by atoms with Crippen LogP contribution in [-0.4, -0.2) is 29.1 Å². The molecule has 0 fully saturated rings. The number of nitrogens with one attached hydrogen (secondary N) is 2. The molecular formula is C13H13N3O4S. The molecule has 1 heterocycles. The molecule has 2 rings (SSSR count). The van der Waals surface area contributed by atoms with E-state index in [1.807, 2.05) is 17.5 Å². The number of aliphatic carboxylic acids is 1. The number of carbonyl (C=O) groups is 3. The van der Waals surface area contributed by atoms with Crippen molar-refractivity contribution in [3.63, 3.8) is 0 Å². The van der Waals surface area contributed by atoms with Gasteiger partial charge in [-0.3, -0.25) is 4.79 Å². The third kappa shape index (κ3) is 3.93. The van der Waals surface area contributed by atoms with Gasteiger partial charge >= 0.3 is 12.0 Å². The topological polar surface area (TPSA) is 122 Å². The molecule has 0 aliphatic heterocycles. The number of nitrogens with two attached hydrogens (primary N) is 1. The van der Waals surface area contributed by atoms with Crippen LogP contribution in [0.2, 0.25) is 0 Å². The Morgan fingerprint density at radius 3 is 2.71 bits per heavy atom. The molecule has 2 aromatic rings. The summed E-state index contributed by atoms with van der Waals surface area (Å²) in [4.78, 5) is 33.4. The van der Waals surface area contributed by atoms with Crippen molar-refractivity contribution in [1.29, 1.82) is 0 Å². The van der Waals surface area contributed by atoms with E-state index >= 15 is 0 Å². The maximum Gasteiger partial charge on any atom is 0.326 e. The van der Waals surface area contributed by atoms with Gasteiger partial charge in [-0.05, 0) is 35.0 Å². The van der Waals surface area contributed by atoms with Gasteiger partial charge < -0.3 is 21.5 Å². The fourth-order valence-corrected chi connectivity index (χ4v) is 2.54. The summed E-state index contributed by atoms with van der Waals surface area (Å²) in [6.45, 7) is 0. The lowest BCUT2D eigenvalue weighted by Crippen LogP contribution is -2.45. The quantitative estimate of drug-likeness (QED) is 0.666. The minimum Gasteiger partial charge on any atom is -0.480 e. The molecule has 1 aromatic carbocycles. The molecule has 0 bridgehead atoms. The number of fused-ring (bicyclic) bond motifs is 1. The monoisotopic (exact) mass is 307 g/mol. The molecule has 3 amide bonds. The number of carbonyl (C=O) groups excluding carboxylic acids is 2. The van der Waals surface area contributed by atoms with Crippen LogP contribution in [-0.2, 0) is 9.59 Å². The van der Waals surface area contributed by atoms with Crippen LogP contribution in [0.15, 0.2) is 29.6 Å². The molecule has 0 saturated heterocycles. The molecule has 0 spiro atoms. The number of rotatable bonds is 5. The minimum absolute atomic E-state index is 0.466. The van der Waals surface area contributed by atoms with Gasteiger partial charge in [0.1, 0.15) is 6.04 Å². The first-order valence-electron chi connectivity index (χ1n) is 6.01. The van der Waals surface area contributed by atoms with E-state index in [1.165, 1.54) is 0 Å². The Morgan fingerprint density at radius 1 is 1.29 bits per heavy atom. The molecule has 1 unspecified atom stereocenters. The summed E-state index contributed by atoms with van der Waals surface area (Å²) < 4.78 is 1.08. The molecule has 0 aliphatic rings. The van der Waals surface area contributed by atoms with E-state index in [1.54, 1.807) is 23.5 Å².